The molecule has 0 fully saturated rings. The maximum Gasteiger partial charge on any atom is 0.255 e. The lowest BCUT2D eigenvalue weighted by molar-refractivity contribution is 0.0927. The summed E-state index contributed by atoms with van der Waals surface area (Å²) in [5, 5.41) is 7.16. The number of nitrogens with zero attached hydrogens (tertiary/aromatic N) is 6. The second kappa shape index (κ2) is 5.88. The molecule has 0 saturated heterocycles. The Bertz CT molecular complexity index is 868. The van der Waals surface area contributed by atoms with Crippen molar-refractivity contribution in [1.82, 2.24) is 34.6 Å². The molecule has 0 saturated carbocycles. The van der Waals surface area contributed by atoms with Crippen LogP contribution in [0.4, 0.5) is 0 Å². The first-order valence-corrected chi connectivity index (χ1v) is 7.84. The molecule has 0 aromatic carbocycles. The van der Waals surface area contributed by atoms with Crippen LogP contribution in [0, 0.1) is 6.92 Å². The molecule has 4 heterocycles. The van der Waals surface area contributed by atoms with E-state index in [1.54, 1.807) is 18.3 Å². The van der Waals surface area contributed by atoms with Crippen molar-refractivity contribution >= 4 is 5.91 Å². The summed E-state index contributed by atoms with van der Waals surface area (Å²) in [4.78, 5) is 25.4. The van der Waals surface area contributed by atoms with Crippen LogP contribution < -0.4 is 5.32 Å². The van der Waals surface area contributed by atoms with Crippen LogP contribution in [0.25, 0.3) is 5.82 Å². The van der Waals surface area contributed by atoms with E-state index in [4.69, 9.17) is 0 Å². The highest BCUT2D eigenvalue weighted by atomic mass is 16.1. The van der Waals surface area contributed by atoms with E-state index >= 15 is 0 Å². The first kappa shape index (κ1) is 14.6. The van der Waals surface area contributed by atoms with Gasteiger partial charge in [-0.2, -0.15) is 5.10 Å². The molecular weight excluding hydrogens is 306 g/mol. The summed E-state index contributed by atoms with van der Waals surface area (Å²) in [5.41, 5.74) is 1.49. The van der Waals surface area contributed by atoms with Gasteiger partial charge in [-0.3, -0.25) is 4.79 Å². The second-order valence-corrected chi connectivity index (χ2v) is 5.87. The zero-order chi connectivity index (χ0) is 16.5. The maximum absolute atomic E-state index is 12.7. The van der Waals surface area contributed by atoms with Gasteiger partial charge >= 0.3 is 0 Å². The lowest BCUT2D eigenvalue weighted by Gasteiger charge is -2.25. The normalized spacial score (nSPS) is 16.6. The highest BCUT2D eigenvalue weighted by Crippen LogP contribution is 2.16. The second-order valence-electron chi connectivity index (χ2n) is 5.87. The maximum atomic E-state index is 12.7. The minimum atomic E-state index is -0.154. The van der Waals surface area contributed by atoms with Crippen molar-refractivity contribution in [3.8, 4) is 5.82 Å². The van der Waals surface area contributed by atoms with Gasteiger partial charge < -0.3 is 9.88 Å². The summed E-state index contributed by atoms with van der Waals surface area (Å²) in [6.07, 6.45) is 8.34. The molecule has 1 N–H and O–H groups in total. The Morgan fingerprint density at radius 2 is 2.33 bits per heavy atom. The number of pyridine rings is 1. The highest BCUT2D eigenvalue weighted by molar-refractivity contribution is 5.97. The van der Waals surface area contributed by atoms with Crippen molar-refractivity contribution in [3.63, 3.8) is 0 Å². The molecule has 1 atom stereocenters. The van der Waals surface area contributed by atoms with E-state index in [9.17, 15) is 4.79 Å². The summed E-state index contributed by atoms with van der Waals surface area (Å²) < 4.78 is 3.61. The Morgan fingerprint density at radius 1 is 1.42 bits per heavy atom. The van der Waals surface area contributed by atoms with E-state index in [2.05, 4.69) is 29.9 Å². The van der Waals surface area contributed by atoms with Crippen molar-refractivity contribution in [2.45, 2.75) is 32.4 Å². The molecular formula is C16H17N7O. The van der Waals surface area contributed by atoms with Crippen LogP contribution in [0.1, 0.15) is 28.3 Å². The number of rotatable bonds is 3. The molecule has 0 unspecified atom stereocenters. The van der Waals surface area contributed by atoms with Crippen LogP contribution in [0.15, 0.2) is 37.2 Å². The van der Waals surface area contributed by atoms with Gasteiger partial charge in [0, 0.05) is 31.4 Å². The molecule has 0 radical (unpaired) electrons. The number of fused-ring (bicyclic) bond motifs is 1. The predicted molar refractivity (Wildman–Crippen MR) is 85.7 cm³/mol. The molecule has 3 aromatic heterocycles. The topological polar surface area (TPSA) is 90.5 Å². The van der Waals surface area contributed by atoms with E-state index in [0.29, 0.717) is 11.4 Å². The summed E-state index contributed by atoms with van der Waals surface area (Å²) in [6.45, 7) is 2.72. The Kier molecular flexibility index (Phi) is 3.56. The van der Waals surface area contributed by atoms with E-state index in [-0.39, 0.29) is 11.9 Å². The van der Waals surface area contributed by atoms with E-state index < -0.39 is 0 Å². The highest BCUT2D eigenvalue weighted by Gasteiger charge is 2.23. The van der Waals surface area contributed by atoms with Gasteiger partial charge in [0.05, 0.1) is 11.3 Å². The molecule has 4 rings (SSSR count). The Morgan fingerprint density at radius 3 is 3.17 bits per heavy atom. The van der Waals surface area contributed by atoms with Crippen LogP contribution >= 0.6 is 0 Å². The van der Waals surface area contributed by atoms with Gasteiger partial charge in [-0.25, -0.2) is 19.6 Å². The zero-order valence-corrected chi connectivity index (χ0v) is 13.3. The predicted octanol–water partition coefficient (Wildman–Crippen LogP) is 0.912. The van der Waals surface area contributed by atoms with Crippen molar-refractivity contribution in [2.75, 3.05) is 0 Å². The molecule has 3 aromatic rings. The fraction of sp³-hybridized carbons (Fsp3) is 0.312. The standard InChI is InChI=1S/C16H17N7O/c1-11-7-22-8-12(4-5-14(22)20-11)21-16(24)13-3-2-6-18-15(13)23-10-17-9-19-23/h2-3,6-7,9-10,12H,4-5,8H2,1H3,(H,21,24)/t12-/m0/s1. The average molecular weight is 323 g/mol. The smallest absolute Gasteiger partial charge is 0.255 e. The van der Waals surface area contributed by atoms with Gasteiger partial charge in [-0.05, 0) is 25.5 Å². The van der Waals surface area contributed by atoms with Crippen LogP contribution in [0.5, 0.6) is 0 Å². The van der Waals surface area contributed by atoms with Crippen LogP contribution in [-0.2, 0) is 13.0 Å². The molecule has 24 heavy (non-hydrogen) atoms. The molecule has 1 aliphatic rings. The number of aryl methyl sites for hydroxylation is 2. The quantitative estimate of drug-likeness (QED) is 0.774. The van der Waals surface area contributed by atoms with Gasteiger partial charge in [0.15, 0.2) is 5.82 Å². The van der Waals surface area contributed by atoms with Gasteiger partial charge in [-0.1, -0.05) is 0 Å². The Balaban J connectivity index is 1.54. The lowest BCUT2D eigenvalue weighted by Crippen LogP contribution is -2.41. The van der Waals surface area contributed by atoms with Crippen LogP contribution in [-0.4, -0.2) is 41.2 Å². The fourth-order valence-corrected chi connectivity index (χ4v) is 3.04. The number of hydrogen-bond donors (Lipinski definition) is 1. The Hall–Kier alpha value is -3.03. The SMILES string of the molecule is Cc1cn2c(n1)CC[C@H](NC(=O)c1cccnc1-n1cncn1)C2. The first-order valence-electron chi connectivity index (χ1n) is 7.84. The Labute approximate surface area is 138 Å². The minimum Gasteiger partial charge on any atom is -0.347 e. The van der Waals surface area contributed by atoms with Crippen molar-refractivity contribution in [3.05, 3.63) is 54.3 Å². The largest absolute Gasteiger partial charge is 0.347 e. The summed E-state index contributed by atoms with van der Waals surface area (Å²) >= 11 is 0. The molecule has 1 aliphatic heterocycles. The molecule has 0 aliphatic carbocycles. The molecule has 8 heteroatoms. The molecule has 0 bridgehead atoms. The molecule has 0 spiro atoms. The number of carbonyl (C=O) groups is 1. The third kappa shape index (κ3) is 2.66. The number of imidazole rings is 1. The monoisotopic (exact) mass is 323 g/mol. The van der Waals surface area contributed by atoms with Gasteiger partial charge in [0.25, 0.3) is 5.91 Å². The number of hydrogen-bond acceptors (Lipinski definition) is 5. The number of nitrogens with one attached hydrogen (secondary N) is 1. The summed E-state index contributed by atoms with van der Waals surface area (Å²) in [5.74, 6) is 1.41. The molecule has 8 nitrogen and oxygen atoms in total. The molecule has 122 valence electrons. The number of amides is 1. The van der Waals surface area contributed by atoms with Gasteiger partial charge in [0.2, 0.25) is 0 Å². The van der Waals surface area contributed by atoms with Crippen molar-refractivity contribution in [2.24, 2.45) is 0 Å². The van der Waals surface area contributed by atoms with Gasteiger partial charge in [0.1, 0.15) is 18.5 Å². The van der Waals surface area contributed by atoms with E-state index in [0.717, 1.165) is 30.9 Å². The summed E-state index contributed by atoms with van der Waals surface area (Å²) in [7, 11) is 0. The van der Waals surface area contributed by atoms with E-state index in [1.807, 2.05) is 13.1 Å². The first-order chi connectivity index (χ1) is 11.7. The van der Waals surface area contributed by atoms with Crippen molar-refractivity contribution < 1.29 is 4.79 Å². The van der Waals surface area contributed by atoms with Gasteiger partial charge in [-0.15, -0.1) is 0 Å². The average Bonchev–Trinajstić information content (AvgIpc) is 3.23. The van der Waals surface area contributed by atoms with E-state index in [1.165, 1.54) is 17.3 Å². The van der Waals surface area contributed by atoms with Crippen LogP contribution in [0.3, 0.4) is 0 Å². The van der Waals surface area contributed by atoms with Crippen molar-refractivity contribution in [1.29, 1.82) is 0 Å². The lowest BCUT2D eigenvalue weighted by atomic mass is 10.1. The molecule has 1 amide bonds. The number of carbonyl (C=O) groups excluding carboxylic acids is 1. The fourth-order valence-electron chi connectivity index (χ4n) is 3.04. The third-order valence-corrected chi connectivity index (χ3v) is 4.12. The third-order valence-electron chi connectivity index (χ3n) is 4.12. The van der Waals surface area contributed by atoms with Crippen LogP contribution in [0.2, 0.25) is 0 Å². The zero-order valence-electron chi connectivity index (χ0n) is 13.3. The summed E-state index contributed by atoms with van der Waals surface area (Å²) in [6, 6.07) is 3.56. The number of aromatic nitrogens is 6. The minimum absolute atomic E-state index is 0.0717.